The molecule has 2 aliphatic heterocycles. The average molecular weight is 384 g/mol. The van der Waals surface area contributed by atoms with Gasteiger partial charge in [0.25, 0.3) is 0 Å². The van der Waals surface area contributed by atoms with Gasteiger partial charge in [0, 0.05) is 37.9 Å². The summed E-state index contributed by atoms with van der Waals surface area (Å²) in [7, 11) is 0. The van der Waals surface area contributed by atoms with E-state index in [1.165, 1.54) is 11.0 Å². The van der Waals surface area contributed by atoms with E-state index < -0.39 is 5.60 Å². The number of carbonyl (C=O) groups excluding carboxylic acids is 2. The molecule has 9 nitrogen and oxygen atoms in total. The Morgan fingerprint density at radius 2 is 2.21 bits per heavy atom. The largest absolute Gasteiger partial charge is 0.487 e. The van der Waals surface area contributed by atoms with Crippen molar-refractivity contribution in [3.63, 3.8) is 0 Å². The maximum Gasteiger partial charge on any atom is 0.242 e. The Hall–Kier alpha value is -2.97. The van der Waals surface area contributed by atoms with Crippen molar-refractivity contribution in [2.24, 2.45) is 0 Å². The lowest BCUT2D eigenvalue weighted by Gasteiger charge is -2.42. The molecule has 0 radical (unpaired) electrons. The molecule has 0 saturated carbocycles. The zero-order valence-corrected chi connectivity index (χ0v) is 15.9. The van der Waals surface area contributed by atoms with Crippen LogP contribution in [-0.4, -0.2) is 55.6 Å². The van der Waals surface area contributed by atoms with E-state index in [0.717, 1.165) is 17.7 Å². The van der Waals surface area contributed by atoms with Crippen molar-refractivity contribution in [1.29, 1.82) is 0 Å². The van der Waals surface area contributed by atoms with Crippen LogP contribution in [0.5, 0.6) is 5.75 Å². The molecule has 0 aliphatic carbocycles. The minimum atomic E-state index is -0.458. The van der Waals surface area contributed by atoms with Crippen molar-refractivity contribution in [2.45, 2.75) is 50.8 Å². The molecule has 148 valence electrons. The van der Waals surface area contributed by atoms with Crippen LogP contribution in [0.15, 0.2) is 30.6 Å². The standard InChI is InChI=1S/C19H24N6O3/c1-2-24-10-9-19(8-7-18(24)27)11-15(14-5-3-4-6-16(14)28-19)21-17(26)12-25-13-20-22-23-25/h3-6,13,15H,2,7-12H2,1H3,(H,21,26)/t15-,19+/m1/s1. The van der Waals surface area contributed by atoms with Gasteiger partial charge in [-0.05, 0) is 29.8 Å². The predicted octanol–water partition coefficient (Wildman–Crippen LogP) is 1.08. The van der Waals surface area contributed by atoms with Crippen LogP contribution in [0.4, 0.5) is 0 Å². The van der Waals surface area contributed by atoms with Crippen LogP contribution in [0.3, 0.4) is 0 Å². The predicted molar refractivity (Wildman–Crippen MR) is 99.2 cm³/mol. The van der Waals surface area contributed by atoms with Crippen LogP contribution in [0.1, 0.15) is 44.2 Å². The third kappa shape index (κ3) is 3.69. The molecule has 9 heteroatoms. The van der Waals surface area contributed by atoms with E-state index >= 15 is 0 Å². The molecule has 2 aliphatic rings. The first-order chi connectivity index (χ1) is 13.6. The summed E-state index contributed by atoms with van der Waals surface area (Å²) in [6.45, 7) is 3.43. The van der Waals surface area contributed by atoms with Crippen molar-refractivity contribution in [3.8, 4) is 5.75 Å². The van der Waals surface area contributed by atoms with Crippen LogP contribution in [-0.2, 0) is 16.1 Å². The number of rotatable bonds is 4. The van der Waals surface area contributed by atoms with Crippen molar-refractivity contribution >= 4 is 11.8 Å². The Kier molecular flexibility index (Phi) is 4.97. The smallest absolute Gasteiger partial charge is 0.242 e. The molecule has 1 aromatic carbocycles. The second kappa shape index (κ2) is 7.57. The van der Waals surface area contributed by atoms with Crippen LogP contribution in [0.2, 0.25) is 0 Å². The van der Waals surface area contributed by atoms with E-state index in [1.807, 2.05) is 36.1 Å². The molecule has 0 unspecified atom stereocenters. The number of likely N-dealkylation sites (tertiary alicyclic amines) is 1. The topological polar surface area (TPSA) is 102 Å². The third-order valence-corrected chi connectivity index (χ3v) is 5.60. The molecule has 1 aromatic heterocycles. The zero-order chi connectivity index (χ0) is 19.6. The van der Waals surface area contributed by atoms with Gasteiger partial charge in [0.15, 0.2) is 0 Å². The maximum atomic E-state index is 12.5. The number of carbonyl (C=O) groups is 2. The summed E-state index contributed by atoms with van der Waals surface area (Å²) >= 11 is 0. The number of hydrogen-bond acceptors (Lipinski definition) is 6. The second-order valence-electron chi connectivity index (χ2n) is 7.38. The molecule has 0 bridgehead atoms. The van der Waals surface area contributed by atoms with Gasteiger partial charge < -0.3 is 15.0 Å². The van der Waals surface area contributed by atoms with Gasteiger partial charge in [0.1, 0.15) is 24.2 Å². The lowest BCUT2D eigenvalue weighted by Crippen LogP contribution is -2.46. The molecule has 3 heterocycles. The van der Waals surface area contributed by atoms with Crippen molar-refractivity contribution < 1.29 is 14.3 Å². The Morgan fingerprint density at radius 3 is 3.00 bits per heavy atom. The van der Waals surface area contributed by atoms with Gasteiger partial charge in [-0.3, -0.25) is 9.59 Å². The van der Waals surface area contributed by atoms with E-state index in [9.17, 15) is 9.59 Å². The molecular formula is C19H24N6O3. The average Bonchev–Trinajstić information content (AvgIpc) is 3.14. The highest BCUT2D eigenvalue weighted by atomic mass is 16.5. The molecule has 2 amide bonds. The van der Waals surface area contributed by atoms with Gasteiger partial charge in [-0.15, -0.1) is 5.10 Å². The number of aromatic nitrogens is 4. The van der Waals surface area contributed by atoms with Crippen molar-refractivity contribution in [3.05, 3.63) is 36.2 Å². The fourth-order valence-corrected chi connectivity index (χ4v) is 4.11. The van der Waals surface area contributed by atoms with Crippen molar-refractivity contribution in [1.82, 2.24) is 30.4 Å². The lowest BCUT2D eigenvalue weighted by atomic mass is 9.82. The summed E-state index contributed by atoms with van der Waals surface area (Å²) in [6, 6.07) is 7.59. The van der Waals surface area contributed by atoms with E-state index in [2.05, 4.69) is 20.8 Å². The number of hydrogen-bond donors (Lipinski definition) is 1. The van der Waals surface area contributed by atoms with Gasteiger partial charge in [-0.2, -0.15) is 0 Å². The number of nitrogens with one attached hydrogen (secondary N) is 1. The Morgan fingerprint density at radius 1 is 1.36 bits per heavy atom. The van der Waals surface area contributed by atoms with Gasteiger partial charge >= 0.3 is 0 Å². The first-order valence-corrected chi connectivity index (χ1v) is 9.64. The molecular weight excluding hydrogens is 360 g/mol. The van der Waals surface area contributed by atoms with Crippen LogP contribution >= 0.6 is 0 Å². The summed E-state index contributed by atoms with van der Waals surface area (Å²) < 4.78 is 7.82. The molecule has 28 heavy (non-hydrogen) atoms. The van der Waals surface area contributed by atoms with E-state index in [1.54, 1.807) is 0 Å². The molecule has 2 aromatic rings. The van der Waals surface area contributed by atoms with Gasteiger partial charge in [0.05, 0.1) is 6.04 Å². The molecule has 1 saturated heterocycles. The summed E-state index contributed by atoms with van der Waals surface area (Å²) in [5.74, 6) is 0.781. The van der Waals surface area contributed by atoms with Crippen LogP contribution in [0.25, 0.3) is 0 Å². The fourth-order valence-electron chi connectivity index (χ4n) is 4.11. The quantitative estimate of drug-likeness (QED) is 0.846. The van der Waals surface area contributed by atoms with Gasteiger partial charge in [-0.1, -0.05) is 18.2 Å². The fraction of sp³-hybridized carbons (Fsp3) is 0.526. The SMILES string of the molecule is CCN1CC[C@@]2(CCC1=O)C[C@@H](NC(=O)Cn1cnnn1)c1ccccc1O2. The monoisotopic (exact) mass is 384 g/mol. The van der Waals surface area contributed by atoms with Crippen LogP contribution in [0, 0.1) is 0 Å². The number of nitrogens with zero attached hydrogens (tertiary/aromatic N) is 5. The Labute approximate surface area is 163 Å². The Balaban J connectivity index is 1.55. The lowest BCUT2D eigenvalue weighted by molar-refractivity contribution is -0.130. The first-order valence-electron chi connectivity index (χ1n) is 9.64. The van der Waals surface area contributed by atoms with Gasteiger partial charge in [-0.25, -0.2) is 4.68 Å². The minimum Gasteiger partial charge on any atom is -0.487 e. The number of amides is 2. The number of benzene rings is 1. The minimum absolute atomic E-state index is 0.0572. The Bertz CT molecular complexity index is 855. The number of para-hydroxylation sites is 1. The number of fused-ring (bicyclic) bond motifs is 1. The van der Waals surface area contributed by atoms with E-state index in [4.69, 9.17) is 4.74 Å². The van der Waals surface area contributed by atoms with Crippen LogP contribution < -0.4 is 10.1 Å². The maximum absolute atomic E-state index is 12.5. The highest BCUT2D eigenvalue weighted by Gasteiger charge is 2.43. The highest BCUT2D eigenvalue weighted by molar-refractivity contribution is 5.77. The summed E-state index contributed by atoms with van der Waals surface area (Å²) in [6.07, 6.45) is 3.91. The highest BCUT2D eigenvalue weighted by Crippen LogP contribution is 2.44. The molecule has 4 rings (SSSR count). The molecule has 1 fully saturated rings. The van der Waals surface area contributed by atoms with E-state index in [0.29, 0.717) is 32.4 Å². The number of tetrazole rings is 1. The van der Waals surface area contributed by atoms with Crippen molar-refractivity contribution in [2.75, 3.05) is 13.1 Å². The van der Waals surface area contributed by atoms with Gasteiger partial charge in [0.2, 0.25) is 11.8 Å². The summed E-state index contributed by atoms with van der Waals surface area (Å²) in [4.78, 5) is 26.8. The zero-order valence-electron chi connectivity index (χ0n) is 15.9. The normalized spacial score (nSPS) is 24.4. The summed E-state index contributed by atoms with van der Waals surface area (Å²) in [5.41, 5.74) is 0.502. The first kappa shape index (κ1) is 18.4. The van der Waals surface area contributed by atoms with E-state index in [-0.39, 0.29) is 24.4 Å². The molecule has 2 atom stereocenters. The third-order valence-electron chi connectivity index (χ3n) is 5.60. The second-order valence-corrected chi connectivity index (χ2v) is 7.38. The summed E-state index contributed by atoms with van der Waals surface area (Å²) in [5, 5.41) is 14.0. The molecule has 1 N–H and O–H groups in total. The molecule has 1 spiro atoms. The number of ether oxygens (including phenoxy) is 1.